The minimum atomic E-state index is -0.0693. The zero-order chi connectivity index (χ0) is 21.0. The summed E-state index contributed by atoms with van der Waals surface area (Å²) in [6, 6.07) is 22.2. The van der Waals surface area contributed by atoms with Gasteiger partial charge in [0.05, 0.1) is 12.3 Å². The van der Waals surface area contributed by atoms with Gasteiger partial charge >= 0.3 is 0 Å². The first kappa shape index (κ1) is 19.8. The highest BCUT2D eigenvalue weighted by atomic mass is 35.5. The Hall–Kier alpha value is -3.16. The van der Waals surface area contributed by atoms with Crippen molar-refractivity contribution in [3.8, 4) is 0 Å². The maximum absolute atomic E-state index is 6.16. The van der Waals surface area contributed by atoms with E-state index < -0.39 is 0 Å². The van der Waals surface area contributed by atoms with E-state index in [-0.39, 0.29) is 6.04 Å². The maximum atomic E-state index is 6.16. The molecular weight excluding hydrogens is 412 g/mol. The van der Waals surface area contributed by atoms with Crippen LogP contribution in [0.5, 0.6) is 0 Å². The van der Waals surface area contributed by atoms with Crippen molar-refractivity contribution in [2.45, 2.75) is 12.6 Å². The number of aromatic nitrogens is 4. The van der Waals surface area contributed by atoms with Gasteiger partial charge in [0.2, 0.25) is 0 Å². The van der Waals surface area contributed by atoms with Crippen LogP contribution < -0.4 is 4.90 Å². The summed E-state index contributed by atoms with van der Waals surface area (Å²) >= 11 is 6.16. The first-order chi connectivity index (χ1) is 15.3. The second kappa shape index (κ2) is 8.91. The summed E-state index contributed by atoms with van der Waals surface area (Å²) in [5.74, 6) is 1.61. The lowest BCUT2D eigenvalue weighted by molar-refractivity contribution is 0.201. The van der Waals surface area contributed by atoms with Crippen LogP contribution in [0.15, 0.2) is 77.4 Å². The fourth-order valence-electron chi connectivity index (χ4n) is 4.12. The molecule has 1 aliphatic heterocycles. The zero-order valence-electron chi connectivity index (χ0n) is 17.0. The van der Waals surface area contributed by atoms with Gasteiger partial charge in [0.15, 0.2) is 5.82 Å². The van der Waals surface area contributed by atoms with E-state index in [2.05, 4.69) is 67.8 Å². The van der Waals surface area contributed by atoms with E-state index in [4.69, 9.17) is 16.0 Å². The van der Waals surface area contributed by atoms with Crippen LogP contribution in [0.3, 0.4) is 0 Å². The lowest BCUT2D eigenvalue weighted by Crippen LogP contribution is -2.48. The van der Waals surface area contributed by atoms with E-state index in [1.165, 1.54) is 5.69 Å². The van der Waals surface area contributed by atoms with Gasteiger partial charge in [0, 0.05) is 36.9 Å². The molecule has 0 saturated carbocycles. The van der Waals surface area contributed by atoms with Crippen LogP contribution in [0.1, 0.15) is 23.2 Å². The first-order valence-corrected chi connectivity index (χ1v) is 10.7. The fourth-order valence-corrected chi connectivity index (χ4v) is 4.24. The van der Waals surface area contributed by atoms with Crippen molar-refractivity contribution in [2.75, 3.05) is 31.1 Å². The Morgan fingerprint density at radius 1 is 0.903 bits per heavy atom. The molecule has 2 aromatic heterocycles. The third kappa shape index (κ3) is 4.33. The summed E-state index contributed by atoms with van der Waals surface area (Å²) in [5.41, 5.74) is 2.38. The number of benzene rings is 2. The van der Waals surface area contributed by atoms with Crippen LogP contribution in [-0.2, 0) is 6.54 Å². The number of halogens is 1. The average molecular weight is 435 g/mol. The van der Waals surface area contributed by atoms with Gasteiger partial charge in [-0.25, -0.2) is 4.68 Å². The Morgan fingerprint density at radius 2 is 1.68 bits per heavy atom. The fraction of sp³-hybridized carbons (Fsp3) is 0.261. The second-order valence-corrected chi connectivity index (χ2v) is 8.02. The third-order valence-electron chi connectivity index (χ3n) is 5.68. The summed E-state index contributed by atoms with van der Waals surface area (Å²) in [7, 11) is 0. The molecule has 0 spiro atoms. The number of tetrazole rings is 1. The first-order valence-electron chi connectivity index (χ1n) is 10.4. The predicted molar refractivity (Wildman–Crippen MR) is 119 cm³/mol. The SMILES string of the molecule is Clc1ccc([C@@H](c2nnnn2Cc2ccco2)N2CCN(c3ccccc3)CC2)cc1. The smallest absolute Gasteiger partial charge is 0.173 e. The Balaban J connectivity index is 1.43. The van der Waals surface area contributed by atoms with Crippen molar-refractivity contribution in [2.24, 2.45) is 0 Å². The number of hydrogen-bond donors (Lipinski definition) is 0. The number of hydrogen-bond acceptors (Lipinski definition) is 6. The molecule has 7 nitrogen and oxygen atoms in total. The van der Waals surface area contributed by atoms with Gasteiger partial charge in [0.25, 0.3) is 0 Å². The Morgan fingerprint density at radius 3 is 2.39 bits per heavy atom. The zero-order valence-corrected chi connectivity index (χ0v) is 17.8. The number of piperazine rings is 1. The summed E-state index contributed by atoms with van der Waals surface area (Å²) in [4.78, 5) is 4.86. The molecule has 4 aromatic rings. The number of anilines is 1. The van der Waals surface area contributed by atoms with Gasteiger partial charge in [-0.3, -0.25) is 4.90 Å². The maximum Gasteiger partial charge on any atom is 0.173 e. The van der Waals surface area contributed by atoms with Gasteiger partial charge in [0.1, 0.15) is 12.3 Å². The highest BCUT2D eigenvalue weighted by Crippen LogP contribution is 2.30. The van der Waals surface area contributed by atoms with Crippen LogP contribution >= 0.6 is 11.6 Å². The topological polar surface area (TPSA) is 63.2 Å². The number of nitrogens with zero attached hydrogens (tertiary/aromatic N) is 6. The predicted octanol–water partition coefficient (Wildman–Crippen LogP) is 3.88. The lowest BCUT2D eigenvalue weighted by Gasteiger charge is -2.39. The van der Waals surface area contributed by atoms with Crippen molar-refractivity contribution in [3.63, 3.8) is 0 Å². The van der Waals surface area contributed by atoms with Crippen LogP contribution in [0.2, 0.25) is 5.02 Å². The Bertz CT molecular complexity index is 1090. The monoisotopic (exact) mass is 434 g/mol. The summed E-state index contributed by atoms with van der Waals surface area (Å²) < 4.78 is 7.34. The van der Waals surface area contributed by atoms with Crippen molar-refractivity contribution in [1.29, 1.82) is 0 Å². The minimum Gasteiger partial charge on any atom is -0.467 e. The van der Waals surface area contributed by atoms with Gasteiger partial charge in [-0.05, 0) is 52.4 Å². The van der Waals surface area contributed by atoms with Gasteiger partial charge in [-0.15, -0.1) is 5.10 Å². The van der Waals surface area contributed by atoms with E-state index in [9.17, 15) is 0 Å². The molecule has 2 aromatic carbocycles. The Kier molecular flexibility index (Phi) is 5.69. The summed E-state index contributed by atoms with van der Waals surface area (Å²) in [5, 5.41) is 13.4. The van der Waals surface area contributed by atoms with Gasteiger partial charge < -0.3 is 9.32 Å². The number of furan rings is 1. The molecule has 158 valence electrons. The summed E-state index contributed by atoms with van der Waals surface area (Å²) in [6.45, 7) is 4.16. The lowest BCUT2D eigenvalue weighted by atomic mass is 10.0. The molecule has 0 aliphatic carbocycles. The molecule has 0 unspecified atom stereocenters. The number of para-hydroxylation sites is 1. The van der Waals surface area contributed by atoms with E-state index in [1.807, 2.05) is 28.9 Å². The molecule has 0 N–H and O–H groups in total. The van der Waals surface area contributed by atoms with E-state index in [0.717, 1.165) is 43.3 Å². The molecule has 1 atom stereocenters. The molecule has 1 aliphatic rings. The van der Waals surface area contributed by atoms with Gasteiger partial charge in [-0.1, -0.05) is 41.9 Å². The van der Waals surface area contributed by atoms with Crippen molar-refractivity contribution in [3.05, 3.63) is 95.2 Å². The molecule has 1 fully saturated rings. The largest absolute Gasteiger partial charge is 0.467 e. The molecule has 0 amide bonds. The van der Waals surface area contributed by atoms with Crippen molar-refractivity contribution < 1.29 is 4.42 Å². The molecular formula is C23H23ClN6O. The molecule has 5 rings (SSSR count). The molecule has 0 radical (unpaired) electrons. The molecule has 1 saturated heterocycles. The molecule has 8 heteroatoms. The van der Waals surface area contributed by atoms with Crippen LogP contribution in [-0.4, -0.2) is 51.3 Å². The minimum absolute atomic E-state index is 0.0693. The average Bonchev–Trinajstić information content (AvgIpc) is 3.49. The normalized spacial score (nSPS) is 15.8. The molecule has 31 heavy (non-hydrogen) atoms. The van der Waals surface area contributed by atoms with Crippen molar-refractivity contribution in [1.82, 2.24) is 25.1 Å². The van der Waals surface area contributed by atoms with E-state index >= 15 is 0 Å². The highest BCUT2D eigenvalue weighted by Gasteiger charge is 2.31. The van der Waals surface area contributed by atoms with Gasteiger partial charge in [-0.2, -0.15) is 0 Å². The van der Waals surface area contributed by atoms with Crippen LogP contribution in [0, 0.1) is 0 Å². The Labute approximate surface area is 185 Å². The molecule has 0 bridgehead atoms. The van der Waals surface area contributed by atoms with Crippen LogP contribution in [0.4, 0.5) is 5.69 Å². The standard InChI is InChI=1S/C23H23ClN6O/c24-19-10-8-18(9-11-19)22(23-25-26-27-30(23)17-21-7-4-16-31-21)29-14-12-28(13-15-29)20-5-2-1-3-6-20/h1-11,16,22H,12-15,17H2/t22-/m0/s1. The van der Waals surface area contributed by atoms with Crippen LogP contribution in [0.25, 0.3) is 0 Å². The highest BCUT2D eigenvalue weighted by molar-refractivity contribution is 6.30. The number of rotatable bonds is 6. The third-order valence-corrected chi connectivity index (χ3v) is 5.93. The summed E-state index contributed by atoms with van der Waals surface area (Å²) in [6.07, 6.45) is 1.67. The van der Waals surface area contributed by atoms with Crippen molar-refractivity contribution >= 4 is 17.3 Å². The molecule has 3 heterocycles. The second-order valence-electron chi connectivity index (χ2n) is 7.59. The van der Waals surface area contributed by atoms with E-state index in [0.29, 0.717) is 11.6 Å². The quantitative estimate of drug-likeness (QED) is 0.459. The van der Waals surface area contributed by atoms with E-state index in [1.54, 1.807) is 6.26 Å².